The molecule has 0 aliphatic carbocycles. The Labute approximate surface area is 199 Å². The van der Waals surface area contributed by atoms with E-state index in [1.54, 1.807) is 12.1 Å². The van der Waals surface area contributed by atoms with E-state index in [9.17, 15) is 18.8 Å². The molecule has 1 aliphatic heterocycles. The van der Waals surface area contributed by atoms with Crippen molar-refractivity contribution >= 4 is 40.8 Å². The monoisotopic (exact) mass is 494 g/mol. The number of hydrogen-bond acceptors (Lipinski definition) is 5. The third-order valence-corrected chi connectivity index (χ3v) is 5.40. The summed E-state index contributed by atoms with van der Waals surface area (Å²) in [6.07, 6.45) is 0.0854. The molecular weight excluding hydrogens is 474 g/mol. The normalized spacial score (nSPS) is 16.9. The van der Waals surface area contributed by atoms with E-state index in [0.717, 1.165) is 6.07 Å². The molecule has 0 fully saturated rings. The molecule has 0 saturated carbocycles. The Morgan fingerprint density at radius 3 is 2.73 bits per heavy atom. The maximum Gasteiger partial charge on any atom is 0.268 e. The number of benzene rings is 2. The lowest BCUT2D eigenvalue weighted by molar-refractivity contribution is -0.135. The molecule has 174 valence electrons. The molecule has 3 rings (SSSR count). The van der Waals surface area contributed by atoms with Gasteiger partial charge in [0.05, 0.1) is 17.0 Å². The second-order valence-electron chi connectivity index (χ2n) is 7.60. The molecule has 2 aromatic carbocycles. The molecule has 33 heavy (non-hydrogen) atoms. The molecule has 1 heterocycles. The molecule has 10 heteroatoms. The summed E-state index contributed by atoms with van der Waals surface area (Å²) in [5.41, 5.74) is -0.746. The van der Waals surface area contributed by atoms with Crippen LogP contribution in [0.4, 0.5) is 4.39 Å². The molecule has 7 nitrogen and oxygen atoms in total. The van der Waals surface area contributed by atoms with Gasteiger partial charge in [-0.1, -0.05) is 29.8 Å². The van der Waals surface area contributed by atoms with Gasteiger partial charge in [-0.2, -0.15) is 0 Å². The van der Waals surface area contributed by atoms with Crippen LogP contribution >= 0.6 is 23.2 Å². The average molecular weight is 495 g/mol. The van der Waals surface area contributed by atoms with Crippen LogP contribution in [0.25, 0.3) is 0 Å². The Kier molecular flexibility index (Phi) is 7.61. The van der Waals surface area contributed by atoms with Crippen LogP contribution in [0.1, 0.15) is 30.1 Å². The maximum atomic E-state index is 13.4. The second kappa shape index (κ2) is 10.2. The minimum absolute atomic E-state index is 0.0437. The maximum absolute atomic E-state index is 13.4. The number of Topliss-reactive ketones (excluding diaryl/α,β-unsaturated/α-hetero) is 1. The van der Waals surface area contributed by atoms with Crippen molar-refractivity contribution in [1.29, 1.82) is 0 Å². The van der Waals surface area contributed by atoms with Crippen LogP contribution in [0, 0.1) is 5.82 Å². The number of carbonyl (C=O) groups excluding carboxylic acids is 3. The first-order chi connectivity index (χ1) is 15.6. The molecule has 1 atom stereocenters. The molecular formula is C23H21Cl2FN2O5. The van der Waals surface area contributed by atoms with E-state index in [2.05, 4.69) is 17.2 Å². The van der Waals surface area contributed by atoms with Crippen LogP contribution in [0.15, 0.2) is 48.7 Å². The number of fused-ring (bicyclic) bond motifs is 1. The van der Waals surface area contributed by atoms with E-state index < -0.39 is 23.2 Å². The summed E-state index contributed by atoms with van der Waals surface area (Å²) in [6, 6.07) is 8.48. The van der Waals surface area contributed by atoms with Crippen LogP contribution in [-0.2, 0) is 9.59 Å². The fourth-order valence-electron chi connectivity index (χ4n) is 3.09. The minimum atomic E-state index is -1.41. The van der Waals surface area contributed by atoms with Crippen molar-refractivity contribution in [3.05, 3.63) is 70.1 Å². The first-order valence-corrected chi connectivity index (χ1v) is 10.7. The van der Waals surface area contributed by atoms with Gasteiger partial charge in [0, 0.05) is 29.8 Å². The average Bonchev–Trinajstić information content (AvgIpc) is 2.75. The first-order valence-electron chi connectivity index (χ1n) is 9.93. The van der Waals surface area contributed by atoms with Gasteiger partial charge in [-0.05, 0) is 37.3 Å². The SMILES string of the molecule is C=C(CCNC(=O)COc1ccc(Cl)c(F)c1)NC(=O)C1(C)CC(=O)c2cc(Cl)ccc2O1. The van der Waals surface area contributed by atoms with Crippen LogP contribution in [0.2, 0.25) is 10.0 Å². The molecule has 0 bridgehead atoms. The largest absolute Gasteiger partial charge is 0.484 e. The van der Waals surface area contributed by atoms with Gasteiger partial charge in [-0.15, -0.1) is 0 Å². The van der Waals surface area contributed by atoms with Gasteiger partial charge >= 0.3 is 0 Å². The highest BCUT2D eigenvalue weighted by Crippen LogP contribution is 2.35. The summed E-state index contributed by atoms with van der Waals surface area (Å²) < 4.78 is 24.4. The van der Waals surface area contributed by atoms with Crippen molar-refractivity contribution in [2.75, 3.05) is 13.2 Å². The standard InChI is InChI=1S/C23H21Cl2FN2O5/c1-13(7-8-27-21(30)12-32-15-4-5-17(25)18(26)10-15)28-22(31)23(2)11-19(29)16-9-14(24)3-6-20(16)33-23/h3-6,9-10H,1,7-8,11-12H2,2H3,(H,27,30)(H,28,31). The minimum Gasteiger partial charge on any atom is -0.484 e. The van der Waals surface area contributed by atoms with Crippen molar-refractivity contribution in [1.82, 2.24) is 10.6 Å². The number of ether oxygens (including phenoxy) is 2. The van der Waals surface area contributed by atoms with E-state index in [-0.39, 0.29) is 48.3 Å². The Balaban J connectivity index is 1.44. The summed E-state index contributed by atoms with van der Waals surface area (Å²) in [5.74, 6) is -1.41. The quantitative estimate of drug-likeness (QED) is 0.576. The van der Waals surface area contributed by atoms with Gasteiger partial charge in [-0.3, -0.25) is 14.4 Å². The van der Waals surface area contributed by atoms with Gasteiger partial charge in [0.25, 0.3) is 11.8 Å². The number of carbonyl (C=O) groups is 3. The molecule has 0 radical (unpaired) electrons. The first kappa shape index (κ1) is 24.5. The lowest BCUT2D eigenvalue weighted by Gasteiger charge is -2.33. The molecule has 2 N–H and O–H groups in total. The fraction of sp³-hybridized carbons (Fsp3) is 0.261. The third-order valence-electron chi connectivity index (χ3n) is 4.86. The lowest BCUT2D eigenvalue weighted by Crippen LogP contribution is -2.52. The Hall–Kier alpha value is -3.10. The molecule has 0 spiro atoms. The van der Waals surface area contributed by atoms with Crippen molar-refractivity contribution < 1.29 is 28.2 Å². The number of hydrogen-bond donors (Lipinski definition) is 2. The van der Waals surface area contributed by atoms with Crippen molar-refractivity contribution in [2.24, 2.45) is 0 Å². The third kappa shape index (κ3) is 6.24. The van der Waals surface area contributed by atoms with Crippen molar-refractivity contribution in [3.63, 3.8) is 0 Å². The van der Waals surface area contributed by atoms with E-state index in [1.807, 2.05) is 0 Å². The molecule has 0 aromatic heterocycles. The number of halogens is 3. The zero-order chi connectivity index (χ0) is 24.2. The van der Waals surface area contributed by atoms with Crippen LogP contribution < -0.4 is 20.1 Å². The Bertz CT molecular complexity index is 1120. The van der Waals surface area contributed by atoms with Crippen molar-refractivity contribution in [3.8, 4) is 11.5 Å². The summed E-state index contributed by atoms with van der Waals surface area (Å²) in [7, 11) is 0. The molecule has 1 aliphatic rings. The molecule has 2 aromatic rings. The number of amides is 2. The molecule has 2 amide bonds. The van der Waals surface area contributed by atoms with Crippen LogP contribution in [-0.4, -0.2) is 36.4 Å². The smallest absolute Gasteiger partial charge is 0.268 e. The van der Waals surface area contributed by atoms with E-state index >= 15 is 0 Å². The van der Waals surface area contributed by atoms with Gasteiger partial charge in [0.2, 0.25) is 0 Å². The lowest BCUT2D eigenvalue weighted by atomic mass is 9.90. The highest BCUT2D eigenvalue weighted by atomic mass is 35.5. The Morgan fingerprint density at radius 2 is 2.00 bits per heavy atom. The number of ketones is 1. The Morgan fingerprint density at radius 1 is 1.24 bits per heavy atom. The van der Waals surface area contributed by atoms with Crippen LogP contribution in [0.3, 0.4) is 0 Å². The number of rotatable bonds is 8. The predicted molar refractivity (Wildman–Crippen MR) is 121 cm³/mol. The van der Waals surface area contributed by atoms with Gasteiger partial charge in [0.15, 0.2) is 18.0 Å². The summed E-state index contributed by atoms with van der Waals surface area (Å²) in [5, 5.41) is 5.59. The van der Waals surface area contributed by atoms with Gasteiger partial charge < -0.3 is 20.1 Å². The summed E-state index contributed by atoms with van der Waals surface area (Å²) >= 11 is 11.5. The van der Waals surface area contributed by atoms with Crippen molar-refractivity contribution in [2.45, 2.75) is 25.4 Å². The zero-order valence-electron chi connectivity index (χ0n) is 17.7. The van der Waals surface area contributed by atoms with Gasteiger partial charge in [0.1, 0.15) is 17.3 Å². The number of nitrogens with one attached hydrogen (secondary N) is 2. The zero-order valence-corrected chi connectivity index (χ0v) is 19.2. The van der Waals surface area contributed by atoms with Gasteiger partial charge in [-0.25, -0.2) is 4.39 Å². The predicted octanol–water partition coefficient (Wildman–Crippen LogP) is 4.07. The highest BCUT2D eigenvalue weighted by molar-refractivity contribution is 6.31. The summed E-state index contributed by atoms with van der Waals surface area (Å²) in [6.45, 7) is 5.15. The highest BCUT2D eigenvalue weighted by Gasteiger charge is 2.43. The molecule has 1 unspecified atom stereocenters. The molecule has 0 saturated heterocycles. The van der Waals surface area contributed by atoms with E-state index in [1.165, 1.54) is 25.1 Å². The van der Waals surface area contributed by atoms with E-state index in [0.29, 0.717) is 16.3 Å². The van der Waals surface area contributed by atoms with E-state index in [4.69, 9.17) is 32.7 Å². The topological polar surface area (TPSA) is 93.7 Å². The second-order valence-corrected chi connectivity index (χ2v) is 8.44. The fourth-order valence-corrected chi connectivity index (χ4v) is 3.38. The van der Waals surface area contributed by atoms with Crippen LogP contribution in [0.5, 0.6) is 11.5 Å². The summed E-state index contributed by atoms with van der Waals surface area (Å²) in [4.78, 5) is 37.1.